The summed E-state index contributed by atoms with van der Waals surface area (Å²) < 4.78 is 45.0. The van der Waals surface area contributed by atoms with Gasteiger partial charge in [-0.3, -0.25) is 0 Å². The lowest BCUT2D eigenvalue weighted by Crippen LogP contribution is -2.36. The van der Waals surface area contributed by atoms with Gasteiger partial charge in [0.05, 0.1) is 59.9 Å². The molecule has 242 valence electrons. The first-order chi connectivity index (χ1) is 21.4. The summed E-state index contributed by atoms with van der Waals surface area (Å²) in [4.78, 5) is 28.7. The van der Waals surface area contributed by atoms with Crippen molar-refractivity contribution < 1.29 is 47.5 Å². The Morgan fingerprint density at radius 1 is 0.705 bits per heavy atom. The van der Waals surface area contributed by atoms with Gasteiger partial charge in [0.25, 0.3) is 0 Å². The van der Waals surface area contributed by atoms with Crippen LogP contribution >= 0.6 is 0 Å². The minimum Gasteiger partial charge on any atom is -0.493 e. The molecule has 3 aliphatic rings. The molecule has 4 bridgehead atoms. The molecule has 0 spiro atoms. The number of methoxy groups -OCH3 is 5. The Balaban J connectivity index is 1.53. The van der Waals surface area contributed by atoms with Crippen LogP contribution in [-0.4, -0.2) is 91.3 Å². The maximum absolute atomic E-state index is 13.4. The van der Waals surface area contributed by atoms with Gasteiger partial charge in [-0.2, -0.15) is 0 Å². The van der Waals surface area contributed by atoms with Crippen molar-refractivity contribution in [2.45, 2.75) is 51.0 Å². The highest BCUT2D eigenvalue weighted by Gasteiger charge is 2.25. The Labute approximate surface area is 259 Å². The van der Waals surface area contributed by atoms with Crippen LogP contribution in [-0.2, 0) is 9.47 Å². The fourth-order valence-electron chi connectivity index (χ4n) is 5.77. The molecule has 2 aromatic carbocycles. The maximum Gasteiger partial charge on any atom is 0.338 e. The highest BCUT2D eigenvalue weighted by atomic mass is 16.6. The van der Waals surface area contributed by atoms with E-state index in [-0.39, 0.29) is 6.10 Å². The predicted octanol–water partition coefficient (Wildman–Crippen LogP) is 5.17. The van der Waals surface area contributed by atoms with E-state index in [1.807, 2.05) is 0 Å². The molecule has 1 saturated heterocycles. The molecule has 5 rings (SSSR count). The molecular weight excluding hydrogens is 570 g/mol. The smallest absolute Gasteiger partial charge is 0.338 e. The Morgan fingerprint density at radius 3 is 1.93 bits per heavy atom. The molecular formula is C33H45NO10. The van der Waals surface area contributed by atoms with Gasteiger partial charge < -0.3 is 42.8 Å². The molecule has 3 heterocycles. The average molecular weight is 616 g/mol. The van der Waals surface area contributed by atoms with Crippen LogP contribution in [0.15, 0.2) is 24.3 Å². The molecule has 0 radical (unpaired) electrons. The fourth-order valence-corrected chi connectivity index (χ4v) is 5.77. The zero-order chi connectivity index (χ0) is 31.5. The first kappa shape index (κ1) is 33.0. The SMILES string of the molecule is COc1cc(C(=O)O[C@@H]2CCCOc3cc(cc(OC)c3OC)C(=O)OCCCC3CCN(CC3)CC2)cc(OC)c1OC. The van der Waals surface area contributed by atoms with E-state index in [1.165, 1.54) is 35.5 Å². The molecule has 11 nitrogen and oxygen atoms in total. The topological polar surface area (TPSA) is 111 Å². The molecule has 1 atom stereocenters. The van der Waals surface area contributed by atoms with E-state index in [1.54, 1.807) is 24.3 Å². The number of rotatable bonds is 7. The number of nitrogens with zero attached hydrogens (tertiary/aromatic N) is 1. The number of fused-ring (bicyclic) bond motifs is 12. The zero-order valence-corrected chi connectivity index (χ0v) is 26.5. The van der Waals surface area contributed by atoms with E-state index in [2.05, 4.69) is 4.90 Å². The van der Waals surface area contributed by atoms with Gasteiger partial charge in [0, 0.05) is 6.54 Å². The second kappa shape index (κ2) is 16.3. The van der Waals surface area contributed by atoms with Gasteiger partial charge >= 0.3 is 11.9 Å². The molecule has 0 aliphatic carbocycles. The molecule has 3 aliphatic heterocycles. The number of carbonyl (C=O) groups excluding carboxylic acids is 2. The molecule has 44 heavy (non-hydrogen) atoms. The number of hydrogen-bond donors (Lipinski definition) is 0. The number of piperidine rings is 1. The first-order valence-electron chi connectivity index (χ1n) is 15.2. The maximum atomic E-state index is 13.4. The summed E-state index contributed by atoms with van der Waals surface area (Å²) in [7, 11) is 7.56. The highest BCUT2D eigenvalue weighted by molar-refractivity contribution is 5.92. The Morgan fingerprint density at radius 2 is 1.30 bits per heavy atom. The summed E-state index contributed by atoms with van der Waals surface area (Å²) in [5.74, 6) is 2.03. The van der Waals surface area contributed by atoms with Gasteiger partial charge in [0.2, 0.25) is 11.5 Å². The second-order valence-corrected chi connectivity index (χ2v) is 11.0. The van der Waals surface area contributed by atoms with Crippen LogP contribution in [0.25, 0.3) is 0 Å². The quantitative estimate of drug-likeness (QED) is 0.385. The van der Waals surface area contributed by atoms with E-state index in [0.29, 0.717) is 84.0 Å². The summed E-state index contributed by atoms with van der Waals surface area (Å²) in [5, 5.41) is 0. The van der Waals surface area contributed by atoms with E-state index in [0.717, 1.165) is 45.3 Å². The lowest BCUT2D eigenvalue weighted by Gasteiger charge is -2.32. The Bertz CT molecular complexity index is 1230. The molecule has 0 saturated carbocycles. The van der Waals surface area contributed by atoms with Crippen LogP contribution in [0.2, 0.25) is 0 Å². The molecule has 0 aromatic heterocycles. The number of carbonyl (C=O) groups is 2. The van der Waals surface area contributed by atoms with Crippen molar-refractivity contribution in [3.8, 4) is 34.5 Å². The van der Waals surface area contributed by atoms with Gasteiger partial charge in [-0.25, -0.2) is 9.59 Å². The Kier molecular flexibility index (Phi) is 12.2. The van der Waals surface area contributed by atoms with Gasteiger partial charge in [-0.05, 0) is 88.2 Å². The number of hydrogen-bond acceptors (Lipinski definition) is 11. The van der Waals surface area contributed by atoms with Crippen molar-refractivity contribution in [3.63, 3.8) is 0 Å². The third kappa shape index (κ3) is 8.40. The van der Waals surface area contributed by atoms with Crippen LogP contribution < -0.4 is 28.4 Å². The van der Waals surface area contributed by atoms with Crippen LogP contribution in [0.4, 0.5) is 0 Å². The van der Waals surface area contributed by atoms with Gasteiger partial charge in [-0.1, -0.05) is 0 Å². The van der Waals surface area contributed by atoms with E-state index in [4.69, 9.17) is 37.9 Å². The van der Waals surface area contributed by atoms with Crippen LogP contribution in [0.5, 0.6) is 34.5 Å². The van der Waals surface area contributed by atoms with Crippen molar-refractivity contribution in [1.29, 1.82) is 0 Å². The summed E-state index contributed by atoms with van der Waals surface area (Å²) in [6, 6.07) is 6.41. The van der Waals surface area contributed by atoms with Gasteiger partial charge in [0.1, 0.15) is 6.10 Å². The minimum absolute atomic E-state index is 0.307. The molecule has 1 fully saturated rings. The van der Waals surface area contributed by atoms with Gasteiger partial charge in [-0.15, -0.1) is 0 Å². The normalized spacial score (nSPS) is 21.4. The fraction of sp³-hybridized carbons (Fsp3) is 0.576. The second-order valence-electron chi connectivity index (χ2n) is 11.0. The highest BCUT2D eigenvalue weighted by Crippen LogP contribution is 2.40. The van der Waals surface area contributed by atoms with Crippen LogP contribution in [0.3, 0.4) is 0 Å². The average Bonchev–Trinajstić information content (AvgIpc) is 3.05. The zero-order valence-electron chi connectivity index (χ0n) is 26.5. The van der Waals surface area contributed by atoms with Crippen LogP contribution in [0, 0.1) is 5.92 Å². The number of ether oxygens (including phenoxy) is 8. The van der Waals surface area contributed by atoms with E-state index in [9.17, 15) is 9.59 Å². The van der Waals surface area contributed by atoms with E-state index < -0.39 is 11.9 Å². The van der Waals surface area contributed by atoms with Crippen molar-refractivity contribution in [1.82, 2.24) is 4.90 Å². The van der Waals surface area contributed by atoms with Gasteiger partial charge in [0.15, 0.2) is 23.0 Å². The molecule has 11 heteroatoms. The lowest BCUT2D eigenvalue weighted by atomic mass is 9.92. The summed E-state index contributed by atoms with van der Waals surface area (Å²) >= 11 is 0. The number of benzene rings is 2. The summed E-state index contributed by atoms with van der Waals surface area (Å²) in [6.45, 7) is 3.48. The van der Waals surface area contributed by atoms with Crippen molar-refractivity contribution in [2.24, 2.45) is 5.92 Å². The number of esters is 2. The monoisotopic (exact) mass is 615 g/mol. The standard InChI is InChI=1S/C33H45NO10/c1-37-26-19-24(20-27(38-2)30(26)40-4)33(36)44-25-9-7-16-42-29-21-23(18-28(39-3)31(29)41-5)32(35)43-17-6-8-22-10-13-34(14-11-22)15-12-25/h18-22,25H,6-17H2,1-5H3/t25-/m1/s1. The van der Waals surface area contributed by atoms with Crippen LogP contribution in [0.1, 0.15) is 65.7 Å². The molecule has 0 N–H and O–H groups in total. The van der Waals surface area contributed by atoms with Crippen molar-refractivity contribution >= 4 is 11.9 Å². The molecule has 0 amide bonds. The van der Waals surface area contributed by atoms with E-state index >= 15 is 0 Å². The van der Waals surface area contributed by atoms with Crippen molar-refractivity contribution in [3.05, 3.63) is 35.4 Å². The predicted molar refractivity (Wildman–Crippen MR) is 163 cm³/mol. The van der Waals surface area contributed by atoms with Crippen molar-refractivity contribution in [2.75, 3.05) is 68.4 Å². The first-order valence-corrected chi connectivity index (χ1v) is 15.2. The summed E-state index contributed by atoms with van der Waals surface area (Å²) in [5.41, 5.74) is 0.647. The largest absolute Gasteiger partial charge is 0.493 e. The Hall–Kier alpha value is -3.86. The molecule has 2 aromatic rings. The third-order valence-corrected chi connectivity index (χ3v) is 8.25. The molecule has 0 unspecified atom stereocenters. The minimum atomic E-state index is -0.468. The third-order valence-electron chi connectivity index (χ3n) is 8.25. The lowest BCUT2D eigenvalue weighted by molar-refractivity contribution is 0.0208. The summed E-state index contributed by atoms with van der Waals surface area (Å²) in [6.07, 6.45) is 5.53.